The summed E-state index contributed by atoms with van der Waals surface area (Å²) in [6, 6.07) is 22.6. The number of ether oxygens (including phenoxy) is 1. The number of nitrogens with one attached hydrogen (secondary N) is 3. The summed E-state index contributed by atoms with van der Waals surface area (Å²) in [5.41, 5.74) is 3.26. The van der Waals surface area contributed by atoms with Crippen molar-refractivity contribution < 1.29 is 9.53 Å². The first-order valence-corrected chi connectivity index (χ1v) is 10.3. The molecule has 3 aromatic rings. The third-order valence-corrected chi connectivity index (χ3v) is 5.10. The molecule has 2 aromatic carbocycles. The quantitative estimate of drug-likeness (QED) is 0.512. The number of rotatable bonds is 6. The van der Waals surface area contributed by atoms with E-state index in [0.29, 0.717) is 28.8 Å². The molecule has 0 unspecified atom stereocenters. The SMILES string of the molecule is CC1=C(C(=O)Nc2ccccn2)[C@@H](c2ccc(OCc3ccccc3)cc2)NC(=S)N1. The molecule has 156 valence electrons. The van der Waals surface area contributed by atoms with Crippen molar-refractivity contribution in [1.29, 1.82) is 0 Å². The second-order valence-corrected chi connectivity index (χ2v) is 7.49. The molecule has 1 atom stereocenters. The van der Waals surface area contributed by atoms with E-state index in [1.54, 1.807) is 18.3 Å². The number of hydrogen-bond donors (Lipinski definition) is 3. The number of nitrogens with zero attached hydrogens (tertiary/aromatic N) is 1. The maximum Gasteiger partial charge on any atom is 0.256 e. The predicted octanol–water partition coefficient (Wildman–Crippen LogP) is 4.09. The molecule has 6 nitrogen and oxygen atoms in total. The topological polar surface area (TPSA) is 75.3 Å². The van der Waals surface area contributed by atoms with Crippen LogP contribution in [0.4, 0.5) is 5.82 Å². The van der Waals surface area contributed by atoms with Gasteiger partial charge in [0.25, 0.3) is 5.91 Å². The fraction of sp³-hybridized carbons (Fsp3) is 0.125. The minimum absolute atomic E-state index is 0.242. The second kappa shape index (κ2) is 9.40. The number of carbonyl (C=O) groups is 1. The zero-order chi connectivity index (χ0) is 21.6. The molecule has 0 spiro atoms. The highest BCUT2D eigenvalue weighted by atomic mass is 32.1. The lowest BCUT2D eigenvalue weighted by Gasteiger charge is -2.30. The van der Waals surface area contributed by atoms with Crippen molar-refractivity contribution in [1.82, 2.24) is 15.6 Å². The average molecular weight is 431 g/mol. The third-order valence-electron chi connectivity index (χ3n) is 4.88. The Morgan fingerprint density at radius 2 is 1.81 bits per heavy atom. The number of allylic oxidation sites excluding steroid dienone is 1. The summed E-state index contributed by atoms with van der Waals surface area (Å²) in [6.45, 7) is 2.33. The highest BCUT2D eigenvalue weighted by Gasteiger charge is 2.30. The Balaban J connectivity index is 1.52. The second-order valence-electron chi connectivity index (χ2n) is 7.08. The van der Waals surface area contributed by atoms with Gasteiger partial charge >= 0.3 is 0 Å². The normalized spacial score (nSPS) is 15.6. The number of pyridine rings is 1. The van der Waals surface area contributed by atoms with Gasteiger partial charge in [0.1, 0.15) is 18.2 Å². The molecule has 1 aliphatic rings. The zero-order valence-corrected chi connectivity index (χ0v) is 17.8. The van der Waals surface area contributed by atoms with E-state index in [0.717, 1.165) is 16.9 Å². The van der Waals surface area contributed by atoms with E-state index in [1.807, 2.05) is 67.6 Å². The van der Waals surface area contributed by atoms with Gasteiger partial charge in [0.2, 0.25) is 0 Å². The molecular formula is C24H22N4O2S. The van der Waals surface area contributed by atoms with Crippen LogP contribution in [-0.2, 0) is 11.4 Å². The van der Waals surface area contributed by atoms with Gasteiger partial charge in [-0.2, -0.15) is 0 Å². The molecule has 0 aliphatic carbocycles. The predicted molar refractivity (Wildman–Crippen MR) is 124 cm³/mol. The number of benzene rings is 2. The maximum absolute atomic E-state index is 13.0. The molecule has 4 rings (SSSR count). The van der Waals surface area contributed by atoms with Crippen LogP contribution in [0.15, 0.2) is 90.3 Å². The fourth-order valence-electron chi connectivity index (χ4n) is 3.36. The van der Waals surface area contributed by atoms with E-state index >= 15 is 0 Å². The van der Waals surface area contributed by atoms with Crippen LogP contribution in [0.1, 0.15) is 24.1 Å². The number of thiocarbonyl (C=S) groups is 1. The molecule has 1 amide bonds. The lowest BCUT2D eigenvalue weighted by molar-refractivity contribution is -0.113. The van der Waals surface area contributed by atoms with Crippen LogP contribution in [0, 0.1) is 0 Å². The van der Waals surface area contributed by atoms with Crippen molar-refractivity contribution >= 4 is 29.1 Å². The summed E-state index contributed by atoms with van der Waals surface area (Å²) < 4.78 is 5.87. The van der Waals surface area contributed by atoms with E-state index < -0.39 is 0 Å². The van der Waals surface area contributed by atoms with Crippen molar-refractivity contribution in [3.63, 3.8) is 0 Å². The zero-order valence-electron chi connectivity index (χ0n) is 17.0. The molecule has 0 saturated heterocycles. The molecule has 3 N–H and O–H groups in total. The Hall–Kier alpha value is -3.71. The van der Waals surface area contributed by atoms with Gasteiger partial charge in [0, 0.05) is 11.9 Å². The molecule has 0 fully saturated rings. The lowest BCUT2D eigenvalue weighted by Crippen LogP contribution is -2.45. The Labute approximate surface area is 186 Å². The van der Waals surface area contributed by atoms with Crippen LogP contribution in [0.25, 0.3) is 0 Å². The summed E-state index contributed by atoms with van der Waals surface area (Å²) >= 11 is 5.33. The van der Waals surface area contributed by atoms with E-state index in [2.05, 4.69) is 20.9 Å². The molecule has 1 aliphatic heterocycles. The summed E-state index contributed by atoms with van der Waals surface area (Å²) in [6.07, 6.45) is 1.63. The molecule has 1 aromatic heterocycles. The summed E-state index contributed by atoms with van der Waals surface area (Å²) in [7, 11) is 0. The van der Waals surface area contributed by atoms with Gasteiger partial charge in [0.05, 0.1) is 11.6 Å². The smallest absolute Gasteiger partial charge is 0.256 e. The van der Waals surface area contributed by atoms with Gasteiger partial charge in [-0.15, -0.1) is 0 Å². The van der Waals surface area contributed by atoms with Crippen molar-refractivity contribution in [2.75, 3.05) is 5.32 Å². The van der Waals surface area contributed by atoms with Crippen LogP contribution >= 0.6 is 12.2 Å². The Morgan fingerprint density at radius 1 is 1.06 bits per heavy atom. The average Bonchev–Trinajstić information content (AvgIpc) is 2.79. The minimum Gasteiger partial charge on any atom is -0.489 e. The number of carbonyl (C=O) groups excluding carboxylic acids is 1. The maximum atomic E-state index is 13.0. The third kappa shape index (κ3) is 5.07. The van der Waals surface area contributed by atoms with Gasteiger partial charge in [-0.25, -0.2) is 4.98 Å². The summed E-state index contributed by atoms with van der Waals surface area (Å²) in [5.74, 6) is 1.00. The Morgan fingerprint density at radius 3 is 2.52 bits per heavy atom. The molecule has 0 bridgehead atoms. The van der Waals surface area contributed by atoms with Crippen molar-refractivity contribution in [2.45, 2.75) is 19.6 Å². The van der Waals surface area contributed by atoms with Crippen LogP contribution < -0.4 is 20.7 Å². The van der Waals surface area contributed by atoms with Gasteiger partial charge in [0.15, 0.2) is 5.11 Å². The molecular weight excluding hydrogens is 408 g/mol. The first-order chi connectivity index (χ1) is 15.1. The van der Waals surface area contributed by atoms with Gasteiger partial charge in [-0.05, 0) is 54.5 Å². The highest BCUT2D eigenvalue weighted by molar-refractivity contribution is 7.80. The first kappa shape index (κ1) is 20.6. The van der Waals surface area contributed by atoms with Gasteiger partial charge < -0.3 is 20.7 Å². The monoisotopic (exact) mass is 430 g/mol. The molecule has 0 saturated carbocycles. The number of aromatic nitrogens is 1. The lowest BCUT2D eigenvalue weighted by atomic mass is 9.95. The van der Waals surface area contributed by atoms with Crippen molar-refractivity contribution in [3.8, 4) is 5.75 Å². The van der Waals surface area contributed by atoms with E-state index in [-0.39, 0.29) is 11.9 Å². The van der Waals surface area contributed by atoms with Crippen molar-refractivity contribution in [3.05, 3.63) is 101 Å². The number of amides is 1. The van der Waals surface area contributed by atoms with Crippen LogP contribution in [0.2, 0.25) is 0 Å². The molecule has 7 heteroatoms. The van der Waals surface area contributed by atoms with E-state index in [9.17, 15) is 4.79 Å². The van der Waals surface area contributed by atoms with E-state index in [1.165, 1.54) is 0 Å². The largest absolute Gasteiger partial charge is 0.489 e. The number of anilines is 1. The molecule has 0 radical (unpaired) electrons. The minimum atomic E-state index is -0.388. The van der Waals surface area contributed by atoms with Crippen LogP contribution in [0.5, 0.6) is 5.75 Å². The van der Waals surface area contributed by atoms with Gasteiger partial charge in [-0.3, -0.25) is 4.79 Å². The molecule has 2 heterocycles. The summed E-state index contributed by atoms with van der Waals surface area (Å²) in [5, 5.41) is 9.56. The van der Waals surface area contributed by atoms with Gasteiger partial charge in [-0.1, -0.05) is 48.5 Å². The first-order valence-electron chi connectivity index (χ1n) is 9.87. The van der Waals surface area contributed by atoms with Crippen molar-refractivity contribution in [2.24, 2.45) is 0 Å². The van der Waals surface area contributed by atoms with E-state index in [4.69, 9.17) is 17.0 Å². The van der Waals surface area contributed by atoms with Crippen LogP contribution in [-0.4, -0.2) is 16.0 Å². The Kier molecular flexibility index (Phi) is 6.24. The molecule has 31 heavy (non-hydrogen) atoms. The standard InChI is InChI=1S/C24H22N4O2S/c1-16-21(23(29)27-20-9-5-6-14-25-20)22(28-24(31)26-16)18-10-12-19(13-11-18)30-15-17-7-3-2-4-8-17/h2-14,22H,15H2,1H3,(H,25,27,29)(H2,26,28,31)/t22-/m1/s1. The number of hydrogen-bond acceptors (Lipinski definition) is 4. The Bertz CT molecular complexity index is 1100. The fourth-order valence-corrected chi connectivity index (χ4v) is 3.63. The van der Waals surface area contributed by atoms with Crippen LogP contribution in [0.3, 0.4) is 0 Å². The summed E-state index contributed by atoms with van der Waals surface area (Å²) in [4.78, 5) is 17.2. The highest BCUT2D eigenvalue weighted by Crippen LogP contribution is 2.29.